The minimum absolute atomic E-state index is 0.0233. The molecule has 0 radical (unpaired) electrons. The summed E-state index contributed by atoms with van der Waals surface area (Å²) in [6.07, 6.45) is 0.992. The maximum absolute atomic E-state index is 12.5. The van der Waals surface area contributed by atoms with E-state index in [-0.39, 0.29) is 5.91 Å². The number of ether oxygens (including phenoxy) is 1. The van der Waals surface area contributed by atoms with Crippen LogP contribution in [0.5, 0.6) is 0 Å². The van der Waals surface area contributed by atoms with Crippen LogP contribution in [0.15, 0.2) is 10.8 Å². The maximum atomic E-state index is 12.5. The number of aryl methyl sites for hydroxylation is 1. The van der Waals surface area contributed by atoms with Crippen LogP contribution in [0.2, 0.25) is 0 Å². The Bertz CT molecular complexity index is 677. The summed E-state index contributed by atoms with van der Waals surface area (Å²) in [5, 5.41) is 6.00. The second kappa shape index (κ2) is 8.15. The molecule has 0 N–H and O–H groups in total. The van der Waals surface area contributed by atoms with Crippen LogP contribution in [-0.4, -0.2) is 59.0 Å². The number of nitrogens with zero attached hydrogens (tertiary/aromatic N) is 4. The molecule has 2 aromatic heterocycles. The first kappa shape index (κ1) is 17.5. The number of thiazole rings is 2. The molecule has 0 unspecified atom stereocenters. The van der Waals surface area contributed by atoms with Gasteiger partial charge in [0.1, 0.15) is 10.7 Å². The molecule has 0 spiro atoms. The Kier molecular flexibility index (Phi) is 5.94. The molecule has 0 atom stereocenters. The number of carbonyl (C=O) groups excluding carboxylic acids is 1. The summed E-state index contributed by atoms with van der Waals surface area (Å²) in [6, 6.07) is 0. The zero-order valence-corrected chi connectivity index (χ0v) is 15.7. The van der Waals surface area contributed by atoms with Gasteiger partial charge in [-0.3, -0.25) is 9.69 Å². The molecule has 1 fully saturated rings. The number of piperazine rings is 1. The standard InChI is InChI=1S/C16H22N4O2S2/c1-3-14-17-12(10-23-14)8-19-4-6-20(7-5-19)16(21)13-11-24-15(18-13)9-22-2/h10-11H,3-9H2,1-2H3. The number of hydrogen-bond acceptors (Lipinski definition) is 7. The number of rotatable bonds is 6. The lowest BCUT2D eigenvalue weighted by atomic mass is 10.2. The third-order valence-corrected chi connectivity index (χ3v) is 5.85. The molecule has 130 valence electrons. The second-order valence-electron chi connectivity index (χ2n) is 5.71. The topological polar surface area (TPSA) is 58.6 Å². The largest absolute Gasteiger partial charge is 0.378 e. The molecule has 8 heteroatoms. The van der Waals surface area contributed by atoms with Crippen molar-refractivity contribution in [3.8, 4) is 0 Å². The first-order chi connectivity index (χ1) is 11.7. The minimum atomic E-state index is 0.0233. The predicted molar refractivity (Wildman–Crippen MR) is 95.5 cm³/mol. The van der Waals surface area contributed by atoms with E-state index in [0.717, 1.165) is 49.8 Å². The van der Waals surface area contributed by atoms with Gasteiger partial charge in [-0.15, -0.1) is 22.7 Å². The molecule has 0 aliphatic carbocycles. The molecule has 0 aromatic carbocycles. The Balaban J connectivity index is 1.51. The molecule has 3 heterocycles. The molecule has 6 nitrogen and oxygen atoms in total. The van der Waals surface area contributed by atoms with E-state index >= 15 is 0 Å². The molecule has 1 aliphatic heterocycles. The lowest BCUT2D eigenvalue weighted by Crippen LogP contribution is -2.48. The molecule has 3 rings (SSSR count). The van der Waals surface area contributed by atoms with Crippen molar-refractivity contribution in [2.45, 2.75) is 26.5 Å². The van der Waals surface area contributed by atoms with Gasteiger partial charge in [0.2, 0.25) is 0 Å². The summed E-state index contributed by atoms with van der Waals surface area (Å²) in [4.78, 5) is 25.7. The molecule has 1 aliphatic rings. The lowest BCUT2D eigenvalue weighted by molar-refractivity contribution is 0.0621. The van der Waals surface area contributed by atoms with Crippen molar-refractivity contribution in [3.63, 3.8) is 0 Å². The van der Waals surface area contributed by atoms with E-state index in [1.165, 1.54) is 16.3 Å². The van der Waals surface area contributed by atoms with Gasteiger partial charge in [-0.25, -0.2) is 9.97 Å². The second-order valence-corrected chi connectivity index (χ2v) is 7.60. The maximum Gasteiger partial charge on any atom is 0.273 e. The van der Waals surface area contributed by atoms with Crippen molar-refractivity contribution >= 4 is 28.6 Å². The Labute approximate surface area is 150 Å². The fourth-order valence-corrected chi connectivity index (χ4v) is 4.16. The van der Waals surface area contributed by atoms with Crippen LogP contribution in [0.25, 0.3) is 0 Å². The minimum Gasteiger partial charge on any atom is -0.378 e. The fraction of sp³-hybridized carbons (Fsp3) is 0.562. The van der Waals surface area contributed by atoms with Crippen LogP contribution in [0, 0.1) is 0 Å². The van der Waals surface area contributed by atoms with Crippen LogP contribution in [0.1, 0.15) is 33.1 Å². The van der Waals surface area contributed by atoms with Gasteiger partial charge in [0.25, 0.3) is 5.91 Å². The molecular weight excluding hydrogens is 344 g/mol. The van der Waals surface area contributed by atoms with Gasteiger partial charge in [-0.05, 0) is 6.42 Å². The Morgan fingerprint density at radius 2 is 1.92 bits per heavy atom. The van der Waals surface area contributed by atoms with Gasteiger partial charge in [0, 0.05) is 50.6 Å². The smallest absolute Gasteiger partial charge is 0.273 e. The summed E-state index contributed by atoms with van der Waals surface area (Å²) >= 11 is 3.20. The van der Waals surface area contributed by atoms with Crippen molar-refractivity contribution in [3.05, 3.63) is 32.2 Å². The van der Waals surface area contributed by atoms with Crippen molar-refractivity contribution in [1.82, 2.24) is 19.8 Å². The summed E-state index contributed by atoms with van der Waals surface area (Å²) < 4.78 is 5.06. The fourth-order valence-electron chi connectivity index (χ4n) is 2.68. The Hall–Kier alpha value is -1.35. The number of hydrogen-bond donors (Lipinski definition) is 0. The predicted octanol–water partition coefficient (Wildman–Crippen LogP) is 2.27. The monoisotopic (exact) mass is 366 g/mol. The molecule has 0 bridgehead atoms. The van der Waals surface area contributed by atoms with Crippen molar-refractivity contribution in [2.75, 3.05) is 33.3 Å². The van der Waals surface area contributed by atoms with Gasteiger partial charge in [-0.2, -0.15) is 0 Å². The highest BCUT2D eigenvalue weighted by Crippen LogP contribution is 2.16. The molecule has 24 heavy (non-hydrogen) atoms. The average molecular weight is 367 g/mol. The Morgan fingerprint density at radius 1 is 1.17 bits per heavy atom. The molecular formula is C16H22N4O2S2. The quantitative estimate of drug-likeness (QED) is 0.785. The number of methoxy groups -OCH3 is 1. The van der Waals surface area contributed by atoms with E-state index in [9.17, 15) is 4.79 Å². The van der Waals surface area contributed by atoms with E-state index < -0.39 is 0 Å². The van der Waals surface area contributed by atoms with Crippen molar-refractivity contribution in [2.24, 2.45) is 0 Å². The third-order valence-electron chi connectivity index (χ3n) is 3.99. The van der Waals surface area contributed by atoms with Gasteiger partial charge in [-0.1, -0.05) is 6.92 Å². The van der Waals surface area contributed by atoms with Crippen LogP contribution < -0.4 is 0 Å². The molecule has 1 saturated heterocycles. The number of amides is 1. The average Bonchev–Trinajstić information content (AvgIpc) is 3.25. The highest BCUT2D eigenvalue weighted by atomic mass is 32.1. The first-order valence-electron chi connectivity index (χ1n) is 8.07. The van der Waals surface area contributed by atoms with Gasteiger partial charge >= 0.3 is 0 Å². The summed E-state index contributed by atoms with van der Waals surface area (Å²) in [5.74, 6) is 0.0233. The van der Waals surface area contributed by atoms with Crippen molar-refractivity contribution in [1.29, 1.82) is 0 Å². The first-order valence-corrected chi connectivity index (χ1v) is 9.83. The lowest BCUT2D eigenvalue weighted by Gasteiger charge is -2.34. The zero-order valence-electron chi connectivity index (χ0n) is 14.0. The number of carbonyl (C=O) groups is 1. The molecule has 1 amide bonds. The van der Waals surface area contributed by atoms with Gasteiger partial charge in [0.05, 0.1) is 17.3 Å². The number of aromatic nitrogens is 2. The van der Waals surface area contributed by atoms with E-state index in [1.54, 1.807) is 18.4 Å². The SMILES string of the molecule is CCc1nc(CN2CCN(C(=O)c3csc(COC)n3)CC2)cs1. The normalized spacial score (nSPS) is 15.8. The van der Waals surface area contributed by atoms with E-state index in [4.69, 9.17) is 4.74 Å². The molecule has 0 saturated carbocycles. The Morgan fingerprint density at radius 3 is 2.58 bits per heavy atom. The van der Waals surface area contributed by atoms with E-state index in [0.29, 0.717) is 12.3 Å². The van der Waals surface area contributed by atoms with Gasteiger partial charge < -0.3 is 9.64 Å². The van der Waals surface area contributed by atoms with Gasteiger partial charge in [0.15, 0.2) is 0 Å². The summed E-state index contributed by atoms with van der Waals surface area (Å²) in [7, 11) is 1.63. The van der Waals surface area contributed by atoms with Crippen LogP contribution >= 0.6 is 22.7 Å². The van der Waals surface area contributed by atoms with E-state index in [1.807, 2.05) is 10.3 Å². The summed E-state index contributed by atoms with van der Waals surface area (Å²) in [6.45, 7) is 6.68. The zero-order chi connectivity index (χ0) is 16.9. The van der Waals surface area contributed by atoms with Crippen LogP contribution in [-0.2, 0) is 24.3 Å². The van der Waals surface area contributed by atoms with E-state index in [2.05, 4.69) is 27.2 Å². The highest BCUT2D eigenvalue weighted by Gasteiger charge is 2.24. The molecule has 2 aromatic rings. The summed E-state index contributed by atoms with van der Waals surface area (Å²) in [5.41, 5.74) is 1.67. The van der Waals surface area contributed by atoms with Crippen molar-refractivity contribution < 1.29 is 9.53 Å². The third kappa shape index (κ3) is 4.18. The van der Waals surface area contributed by atoms with Crippen LogP contribution in [0.3, 0.4) is 0 Å². The highest BCUT2D eigenvalue weighted by molar-refractivity contribution is 7.10. The van der Waals surface area contributed by atoms with Crippen LogP contribution in [0.4, 0.5) is 0 Å².